The van der Waals surface area contributed by atoms with Gasteiger partial charge >= 0.3 is 0 Å². The third kappa shape index (κ3) is 26.0. The van der Waals surface area contributed by atoms with E-state index in [4.69, 9.17) is 18.9 Å². The molecule has 8 nitrogen and oxygen atoms in total. The lowest BCUT2D eigenvalue weighted by molar-refractivity contribution is -0.0246. The number of unbranched alkanes of at least 4 members (excludes halogenated alkanes) is 18. The van der Waals surface area contributed by atoms with E-state index in [2.05, 4.69) is 46.0 Å². The maximum absolute atomic E-state index is 6.03. The summed E-state index contributed by atoms with van der Waals surface area (Å²) in [6.45, 7) is 11.0. The van der Waals surface area contributed by atoms with E-state index in [0.29, 0.717) is 38.9 Å². The van der Waals surface area contributed by atoms with Crippen LogP contribution < -0.4 is 4.74 Å². The smallest absolute Gasteiger partial charge is 0.216 e. The number of nitrogens with zero attached hydrogens (tertiary/aromatic N) is 4. The van der Waals surface area contributed by atoms with E-state index in [-0.39, 0.29) is 18.5 Å². The Morgan fingerprint density at radius 2 is 1.11 bits per heavy atom. The van der Waals surface area contributed by atoms with Crippen molar-refractivity contribution < 1.29 is 18.9 Å². The Kier molecular flexibility index (Phi) is 30.4. The summed E-state index contributed by atoms with van der Waals surface area (Å²) in [5.74, 6) is 0.545. The molecule has 0 saturated heterocycles. The number of hydrogen-bond donors (Lipinski definition) is 0. The predicted molar refractivity (Wildman–Crippen MR) is 197 cm³/mol. The minimum atomic E-state index is -0.214. The summed E-state index contributed by atoms with van der Waals surface area (Å²) in [4.78, 5) is 12.9. The van der Waals surface area contributed by atoms with Gasteiger partial charge in [-0.05, 0) is 12.8 Å². The molecule has 1 aliphatic heterocycles. The molecule has 9 heteroatoms. The maximum Gasteiger partial charge on any atom is 0.216 e. The SMILES string of the molecule is CCCCCCCCCCCCCCCCCCOCC(COCCOCCN1C=CN(CCCCCC)C1)Oc1ccncn1.Cl. The number of ether oxygens (including phenoxy) is 4. The van der Waals surface area contributed by atoms with Crippen LogP contribution in [-0.2, 0) is 14.2 Å². The summed E-state index contributed by atoms with van der Waals surface area (Å²) >= 11 is 0. The second-order valence-electron chi connectivity index (χ2n) is 13.0. The fourth-order valence-corrected chi connectivity index (χ4v) is 5.77. The third-order valence-electron chi connectivity index (χ3n) is 8.64. The largest absolute Gasteiger partial charge is 0.469 e. The zero-order valence-electron chi connectivity index (χ0n) is 30.3. The van der Waals surface area contributed by atoms with Gasteiger partial charge in [0.2, 0.25) is 5.88 Å². The maximum atomic E-state index is 6.03. The van der Waals surface area contributed by atoms with Gasteiger partial charge in [0.15, 0.2) is 0 Å². The van der Waals surface area contributed by atoms with Crippen molar-refractivity contribution in [2.75, 3.05) is 59.4 Å². The lowest BCUT2D eigenvalue weighted by Gasteiger charge is -2.21. The molecular formula is C38H71ClN4O4. The molecule has 0 spiro atoms. The molecule has 1 unspecified atom stereocenters. The molecule has 1 aromatic heterocycles. The lowest BCUT2D eigenvalue weighted by atomic mass is 10.0. The molecule has 0 aromatic carbocycles. The van der Waals surface area contributed by atoms with E-state index in [1.165, 1.54) is 128 Å². The van der Waals surface area contributed by atoms with Crippen molar-refractivity contribution in [3.05, 3.63) is 31.0 Å². The average molecular weight is 683 g/mol. The number of rotatable bonds is 34. The van der Waals surface area contributed by atoms with Crippen LogP contribution in [0.5, 0.6) is 5.88 Å². The summed E-state index contributed by atoms with van der Waals surface area (Å²) < 4.78 is 23.8. The van der Waals surface area contributed by atoms with Gasteiger partial charge in [0.25, 0.3) is 0 Å². The monoisotopic (exact) mass is 683 g/mol. The van der Waals surface area contributed by atoms with Crippen LogP contribution >= 0.6 is 12.4 Å². The molecule has 0 saturated carbocycles. The fourth-order valence-electron chi connectivity index (χ4n) is 5.77. The Balaban J connectivity index is 0.0000110. The molecule has 2 rings (SSSR count). The Hall–Kier alpha value is -1.61. The molecule has 1 aromatic rings. The molecular weight excluding hydrogens is 612 g/mol. The van der Waals surface area contributed by atoms with Gasteiger partial charge in [0, 0.05) is 44.4 Å². The number of hydrogen-bond acceptors (Lipinski definition) is 8. The van der Waals surface area contributed by atoms with Crippen LogP contribution in [0, 0.1) is 0 Å². The Labute approximate surface area is 295 Å². The molecule has 0 bridgehead atoms. The Morgan fingerprint density at radius 1 is 0.596 bits per heavy atom. The minimum Gasteiger partial charge on any atom is -0.469 e. The average Bonchev–Trinajstić information content (AvgIpc) is 3.53. The van der Waals surface area contributed by atoms with Crippen molar-refractivity contribution >= 4 is 12.4 Å². The first-order valence-corrected chi connectivity index (χ1v) is 19.1. The molecule has 0 fully saturated rings. The van der Waals surface area contributed by atoms with E-state index in [1.807, 2.05) is 0 Å². The molecule has 0 amide bonds. The summed E-state index contributed by atoms with van der Waals surface area (Å²) in [5.41, 5.74) is 0. The molecule has 0 aliphatic carbocycles. The molecule has 47 heavy (non-hydrogen) atoms. The zero-order valence-corrected chi connectivity index (χ0v) is 31.1. The van der Waals surface area contributed by atoms with Crippen LogP contribution in [0.3, 0.4) is 0 Å². The Morgan fingerprint density at radius 3 is 1.68 bits per heavy atom. The first-order chi connectivity index (χ1) is 22.8. The van der Waals surface area contributed by atoms with E-state index >= 15 is 0 Å². The standard InChI is InChI=1S/C38H70N4O4.ClH/c1-3-5-7-9-10-11-12-13-14-15-16-17-18-19-20-22-29-44-33-37(46-38-23-24-39-35-40-38)34-45-32-31-43-30-28-42-27-26-41(36-42)25-21-8-6-4-2;/h23-24,26-27,35,37H,3-22,25,28-34,36H2,1-2H3;1H. The van der Waals surface area contributed by atoms with Crippen LogP contribution in [0.15, 0.2) is 31.0 Å². The quantitative estimate of drug-likeness (QED) is 0.0666. The van der Waals surface area contributed by atoms with Gasteiger partial charge in [0.05, 0.1) is 39.7 Å². The lowest BCUT2D eigenvalue weighted by Crippen LogP contribution is -2.30. The van der Waals surface area contributed by atoms with Crippen LogP contribution in [0.2, 0.25) is 0 Å². The first-order valence-electron chi connectivity index (χ1n) is 19.1. The molecule has 2 heterocycles. The highest BCUT2D eigenvalue weighted by molar-refractivity contribution is 5.85. The minimum absolute atomic E-state index is 0. The van der Waals surface area contributed by atoms with Crippen LogP contribution in [-0.4, -0.2) is 85.3 Å². The van der Waals surface area contributed by atoms with E-state index < -0.39 is 0 Å². The molecule has 0 N–H and O–H groups in total. The highest BCUT2D eigenvalue weighted by atomic mass is 35.5. The van der Waals surface area contributed by atoms with Crippen molar-refractivity contribution in [3.8, 4) is 5.88 Å². The number of aromatic nitrogens is 2. The predicted octanol–water partition coefficient (Wildman–Crippen LogP) is 9.58. The van der Waals surface area contributed by atoms with Crippen molar-refractivity contribution in [2.24, 2.45) is 0 Å². The second-order valence-corrected chi connectivity index (χ2v) is 13.0. The van der Waals surface area contributed by atoms with Gasteiger partial charge in [-0.15, -0.1) is 12.4 Å². The summed E-state index contributed by atoms with van der Waals surface area (Å²) in [6.07, 6.45) is 34.5. The van der Waals surface area contributed by atoms with Crippen LogP contribution in [0.4, 0.5) is 0 Å². The van der Waals surface area contributed by atoms with E-state index in [9.17, 15) is 0 Å². The molecule has 274 valence electrons. The molecule has 1 atom stereocenters. The highest BCUT2D eigenvalue weighted by Crippen LogP contribution is 2.14. The number of halogens is 1. The van der Waals surface area contributed by atoms with Gasteiger partial charge in [-0.2, -0.15) is 0 Å². The zero-order chi connectivity index (χ0) is 32.6. The first kappa shape index (κ1) is 43.4. The summed E-state index contributed by atoms with van der Waals surface area (Å²) in [7, 11) is 0. The van der Waals surface area contributed by atoms with Crippen molar-refractivity contribution in [1.29, 1.82) is 0 Å². The Bertz CT molecular complexity index is 807. The van der Waals surface area contributed by atoms with Crippen molar-refractivity contribution in [3.63, 3.8) is 0 Å². The van der Waals surface area contributed by atoms with Gasteiger partial charge in [-0.25, -0.2) is 9.97 Å². The highest BCUT2D eigenvalue weighted by Gasteiger charge is 2.13. The van der Waals surface area contributed by atoms with E-state index in [1.54, 1.807) is 12.3 Å². The molecule has 0 radical (unpaired) electrons. The fraction of sp³-hybridized carbons (Fsp3) is 0.842. The topological polar surface area (TPSA) is 69.2 Å². The van der Waals surface area contributed by atoms with Crippen molar-refractivity contribution in [2.45, 2.75) is 148 Å². The normalized spacial score (nSPS) is 13.3. The summed E-state index contributed by atoms with van der Waals surface area (Å²) in [6, 6.07) is 1.77. The van der Waals surface area contributed by atoms with E-state index in [0.717, 1.165) is 32.8 Å². The third-order valence-corrected chi connectivity index (χ3v) is 8.64. The van der Waals surface area contributed by atoms with Crippen molar-refractivity contribution in [1.82, 2.24) is 19.8 Å². The van der Waals surface area contributed by atoms with Crippen LogP contribution in [0.1, 0.15) is 142 Å². The van der Waals surface area contributed by atoms with Crippen LogP contribution in [0.25, 0.3) is 0 Å². The van der Waals surface area contributed by atoms with Gasteiger partial charge in [-0.1, -0.05) is 129 Å². The molecule has 1 aliphatic rings. The van der Waals surface area contributed by atoms with Gasteiger partial charge in [-0.3, -0.25) is 0 Å². The summed E-state index contributed by atoms with van der Waals surface area (Å²) in [5, 5.41) is 0. The second kappa shape index (κ2) is 32.9. The van der Waals surface area contributed by atoms with Gasteiger partial charge < -0.3 is 28.7 Å². The van der Waals surface area contributed by atoms with Gasteiger partial charge in [0.1, 0.15) is 12.4 Å².